The van der Waals surface area contributed by atoms with Crippen LogP contribution >= 0.6 is 23.2 Å². The molecular formula is C14H13Cl2NO3S. The Kier molecular flexibility index (Phi) is 5.11. The summed E-state index contributed by atoms with van der Waals surface area (Å²) in [6.45, 7) is 0.424. The number of hydrogen-bond acceptors (Lipinski definition) is 3. The number of hydrogen-bond donors (Lipinski definition) is 1. The Hall–Kier alpha value is -1.27. The Balaban J connectivity index is 2.27. The second-order valence-corrected chi connectivity index (χ2v) is 6.75. The highest BCUT2D eigenvalue weighted by molar-refractivity contribution is 7.92. The zero-order valence-electron chi connectivity index (χ0n) is 11.1. The number of anilines is 1. The van der Waals surface area contributed by atoms with Crippen molar-refractivity contribution in [2.45, 2.75) is 11.5 Å². The van der Waals surface area contributed by atoms with Gasteiger partial charge in [0.1, 0.15) is 0 Å². The molecule has 0 atom stereocenters. The van der Waals surface area contributed by atoms with Gasteiger partial charge in [-0.2, -0.15) is 0 Å². The second-order valence-electron chi connectivity index (χ2n) is 4.28. The third kappa shape index (κ3) is 3.89. The minimum Gasteiger partial charge on any atom is -0.380 e. The Morgan fingerprint density at radius 1 is 1.10 bits per heavy atom. The minimum atomic E-state index is -3.72. The quantitative estimate of drug-likeness (QED) is 0.892. The lowest BCUT2D eigenvalue weighted by Gasteiger charge is -2.10. The molecule has 0 aromatic heterocycles. The minimum absolute atomic E-state index is 0.137. The Bertz CT molecular complexity index is 730. The van der Waals surface area contributed by atoms with Crippen LogP contribution in [0.25, 0.3) is 0 Å². The lowest BCUT2D eigenvalue weighted by Crippen LogP contribution is -2.13. The fourth-order valence-electron chi connectivity index (χ4n) is 1.72. The summed E-state index contributed by atoms with van der Waals surface area (Å²) in [6.07, 6.45) is 0. The molecule has 21 heavy (non-hydrogen) atoms. The van der Waals surface area contributed by atoms with Crippen LogP contribution in [0.4, 0.5) is 5.69 Å². The second kappa shape index (κ2) is 6.66. The predicted octanol–water partition coefficient (Wildman–Crippen LogP) is 3.94. The summed E-state index contributed by atoms with van der Waals surface area (Å²) in [5, 5.41) is 0.450. The van der Waals surface area contributed by atoms with E-state index in [1.165, 1.54) is 12.1 Å². The molecule has 0 heterocycles. The fourth-order valence-corrected chi connectivity index (χ4v) is 3.19. The monoisotopic (exact) mass is 345 g/mol. The van der Waals surface area contributed by atoms with E-state index < -0.39 is 10.0 Å². The summed E-state index contributed by atoms with van der Waals surface area (Å²) in [7, 11) is -2.14. The summed E-state index contributed by atoms with van der Waals surface area (Å²) >= 11 is 11.8. The maximum atomic E-state index is 12.3. The smallest absolute Gasteiger partial charge is 0.261 e. The first kappa shape index (κ1) is 16.1. The highest BCUT2D eigenvalue weighted by Crippen LogP contribution is 2.31. The van der Waals surface area contributed by atoms with E-state index in [1.807, 2.05) is 0 Å². The number of benzene rings is 2. The van der Waals surface area contributed by atoms with Gasteiger partial charge < -0.3 is 4.74 Å². The van der Waals surface area contributed by atoms with Gasteiger partial charge in [-0.15, -0.1) is 0 Å². The average Bonchev–Trinajstić information content (AvgIpc) is 2.45. The van der Waals surface area contributed by atoms with Gasteiger partial charge in [0.25, 0.3) is 10.0 Å². The molecule has 0 unspecified atom stereocenters. The molecule has 0 radical (unpaired) electrons. The molecule has 112 valence electrons. The Morgan fingerprint density at radius 3 is 2.38 bits per heavy atom. The molecule has 2 aromatic carbocycles. The van der Waals surface area contributed by atoms with Gasteiger partial charge in [-0.05, 0) is 29.8 Å². The van der Waals surface area contributed by atoms with E-state index in [0.29, 0.717) is 6.61 Å². The first-order valence-corrected chi connectivity index (χ1v) is 8.22. The van der Waals surface area contributed by atoms with Crippen LogP contribution in [0.1, 0.15) is 5.56 Å². The maximum Gasteiger partial charge on any atom is 0.261 e. The van der Waals surface area contributed by atoms with Gasteiger partial charge in [-0.1, -0.05) is 41.4 Å². The van der Waals surface area contributed by atoms with Crippen LogP contribution in [0, 0.1) is 0 Å². The van der Waals surface area contributed by atoms with Crippen molar-refractivity contribution in [1.29, 1.82) is 0 Å². The van der Waals surface area contributed by atoms with Crippen LogP contribution in [-0.4, -0.2) is 15.5 Å². The Morgan fingerprint density at radius 2 is 1.76 bits per heavy atom. The largest absolute Gasteiger partial charge is 0.380 e. The van der Waals surface area contributed by atoms with E-state index in [1.54, 1.807) is 37.4 Å². The maximum absolute atomic E-state index is 12.3. The van der Waals surface area contributed by atoms with Gasteiger partial charge in [0.05, 0.1) is 27.2 Å². The van der Waals surface area contributed by atoms with Gasteiger partial charge in [0, 0.05) is 7.11 Å². The predicted molar refractivity (Wildman–Crippen MR) is 84.4 cm³/mol. The van der Waals surface area contributed by atoms with Crippen molar-refractivity contribution in [3.8, 4) is 0 Å². The zero-order chi connectivity index (χ0) is 15.5. The fraction of sp³-hybridized carbons (Fsp3) is 0.143. The van der Waals surface area contributed by atoms with Crippen molar-refractivity contribution < 1.29 is 13.2 Å². The summed E-state index contributed by atoms with van der Waals surface area (Å²) < 4.78 is 32.0. The van der Waals surface area contributed by atoms with Crippen molar-refractivity contribution >= 4 is 38.9 Å². The lowest BCUT2D eigenvalue weighted by molar-refractivity contribution is 0.185. The highest BCUT2D eigenvalue weighted by atomic mass is 35.5. The molecule has 0 bridgehead atoms. The molecule has 0 aliphatic carbocycles. The summed E-state index contributed by atoms with van der Waals surface area (Å²) in [5.41, 5.74) is 1.13. The first-order chi connectivity index (χ1) is 9.94. The Labute approximate surface area is 133 Å². The normalized spacial score (nSPS) is 11.4. The summed E-state index contributed by atoms with van der Waals surface area (Å²) in [4.78, 5) is 0.137. The lowest BCUT2D eigenvalue weighted by atomic mass is 10.2. The van der Waals surface area contributed by atoms with Crippen LogP contribution in [-0.2, 0) is 21.4 Å². The molecule has 7 heteroatoms. The number of halogens is 2. The number of methoxy groups -OCH3 is 1. The van der Waals surface area contributed by atoms with Crippen LogP contribution in [0.5, 0.6) is 0 Å². The molecule has 0 fully saturated rings. The van der Waals surface area contributed by atoms with E-state index >= 15 is 0 Å². The third-order valence-corrected chi connectivity index (χ3v) is 4.94. The molecule has 4 nitrogen and oxygen atoms in total. The van der Waals surface area contributed by atoms with Gasteiger partial charge in [-0.3, -0.25) is 4.72 Å². The van der Waals surface area contributed by atoms with Crippen LogP contribution in [0.3, 0.4) is 0 Å². The van der Waals surface area contributed by atoms with Crippen molar-refractivity contribution in [2.24, 2.45) is 0 Å². The molecule has 0 aliphatic rings. The van der Waals surface area contributed by atoms with E-state index in [2.05, 4.69) is 4.72 Å². The van der Waals surface area contributed by atoms with Crippen molar-refractivity contribution in [2.75, 3.05) is 11.8 Å². The first-order valence-electron chi connectivity index (χ1n) is 5.99. The topological polar surface area (TPSA) is 55.4 Å². The number of sulfonamides is 1. The number of nitrogens with one attached hydrogen (secondary N) is 1. The van der Waals surface area contributed by atoms with Gasteiger partial charge in [0.2, 0.25) is 0 Å². The van der Waals surface area contributed by atoms with Gasteiger partial charge >= 0.3 is 0 Å². The van der Waals surface area contributed by atoms with Crippen molar-refractivity contribution in [1.82, 2.24) is 0 Å². The van der Waals surface area contributed by atoms with Gasteiger partial charge in [0.15, 0.2) is 0 Å². The molecule has 2 rings (SSSR count). The number of rotatable bonds is 5. The van der Waals surface area contributed by atoms with Crippen molar-refractivity contribution in [3.63, 3.8) is 0 Å². The van der Waals surface area contributed by atoms with Crippen molar-refractivity contribution in [3.05, 3.63) is 58.1 Å². The number of ether oxygens (including phenoxy) is 1. The molecule has 0 saturated carbocycles. The van der Waals surface area contributed by atoms with Gasteiger partial charge in [-0.25, -0.2) is 8.42 Å². The molecule has 1 N–H and O–H groups in total. The third-order valence-electron chi connectivity index (χ3n) is 2.74. The molecule has 0 amide bonds. The highest BCUT2D eigenvalue weighted by Gasteiger charge is 2.16. The summed E-state index contributed by atoms with van der Waals surface area (Å²) in [5.74, 6) is 0. The molecule has 0 spiro atoms. The standard InChI is InChI=1S/C14H13Cl2NO3S/c1-20-9-10-5-7-11(8-6-10)21(18,19)17-13-4-2-3-12(15)14(13)16/h2-8,17H,9H2,1H3. The molecule has 0 aliphatic heterocycles. The van der Waals surface area contributed by atoms with E-state index in [4.69, 9.17) is 27.9 Å². The summed E-state index contributed by atoms with van der Waals surface area (Å²) in [6, 6.07) is 11.2. The van der Waals surface area contributed by atoms with E-state index in [9.17, 15) is 8.42 Å². The van der Waals surface area contributed by atoms with Crippen LogP contribution in [0.2, 0.25) is 10.0 Å². The molecule has 2 aromatic rings. The average molecular weight is 346 g/mol. The van der Waals surface area contributed by atoms with E-state index in [-0.39, 0.29) is 20.6 Å². The van der Waals surface area contributed by atoms with E-state index in [0.717, 1.165) is 5.56 Å². The van der Waals surface area contributed by atoms with Crippen LogP contribution < -0.4 is 4.72 Å². The molecular weight excluding hydrogens is 333 g/mol. The zero-order valence-corrected chi connectivity index (χ0v) is 13.5. The molecule has 0 saturated heterocycles. The SMILES string of the molecule is COCc1ccc(S(=O)(=O)Nc2cccc(Cl)c2Cl)cc1. The van der Waals surface area contributed by atoms with Crippen LogP contribution in [0.15, 0.2) is 47.4 Å².